The fraction of sp³-hybridized carbons (Fsp3) is 0.429. The number of fused-ring (bicyclic) bond motifs is 1. The Morgan fingerprint density at radius 1 is 1.50 bits per heavy atom. The number of amides is 1. The molecule has 3 nitrogen and oxygen atoms in total. The van der Waals surface area contributed by atoms with Gasteiger partial charge in [0.2, 0.25) is 0 Å². The summed E-state index contributed by atoms with van der Waals surface area (Å²) in [5.74, 6) is -0.597. The number of hydrogen-bond donors (Lipinski definition) is 0. The third-order valence-electron chi connectivity index (χ3n) is 3.41. The van der Waals surface area contributed by atoms with Crippen LogP contribution >= 0.6 is 0 Å². The lowest BCUT2D eigenvalue weighted by Crippen LogP contribution is -2.36. The van der Waals surface area contributed by atoms with Crippen molar-refractivity contribution >= 4 is 12.2 Å². The molecular formula is C14H16FNO2. The van der Waals surface area contributed by atoms with E-state index in [1.165, 1.54) is 11.0 Å². The van der Waals surface area contributed by atoms with E-state index < -0.39 is 6.04 Å². The van der Waals surface area contributed by atoms with E-state index in [2.05, 4.69) is 0 Å². The number of aryl methyl sites for hydroxylation is 1. The summed E-state index contributed by atoms with van der Waals surface area (Å²) in [5.41, 5.74) is 1.61. The molecule has 1 aliphatic rings. The summed E-state index contributed by atoms with van der Waals surface area (Å²) in [6.07, 6.45) is 2.20. The number of carbonyl (C=O) groups excluding carboxylic acids is 2. The highest BCUT2D eigenvalue weighted by Crippen LogP contribution is 2.29. The van der Waals surface area contributed by atoms with Crippen LogP contribution in [-0.2, 0) is 11.3 Å². The van der Waals surface area contributed by atoms with Crippen LogP contribution in [0.3, 0.4) is 0 Å². The molecule has 0 bridgehead atoms. The van der Waals surface area contributed by atoms with Crippen LogP contribution in [0.1, 0.15) is 41.3 Å². The van der Waals surface area contributed by atoms with E-state index in [1.807, 2.05) is 6.92 Å². The Balaban J connectivity index is 2.38. The number of halogens is 1. The Bertz CT molecular complexity index is 499. The molecule has 0 fully saturated rings. The molecule has 0 saturated carbocycles. The molecule has 1 aliphatic heterocycles. The quantitative estimate of drug-likeness (QED) is 0.769. The van der Waals surface area contributed by atoms with Gasteiger partial charge in [-0.2, -0.15) is 0 Å². The minimum atomic E-state index is -0.450. The molecular weight excluding hydrogens is 233 g/mol. The van der Waals surface area contributed by atoms with Crippen molar-refractivity contribution < 1.29 is 14.0 Å². The van der Waals surface area contributed by atoms with Gasteiger partial charge in [-0.3, -0.25) is 4.79 Å². The van der Waals surface area contributed by atoms with E-state index in [0.717, 1.165) is 18.3 Å². The van der Waals surface area contributed by atoms with Gasteiger partial charge in [-0.15, -0.1) is 0 Å². The van der Waals surface area contributed by atoms with Crippen LogP contribution in [0, 0.1) is 12.7 Å². The van der Waals surface area contributed by atoms with Crippen molar-refractivity contribution in [3.8, 4) is 0 Å². The maximum Gasteiger partial charge on any atom is 0.255 e. The van der Waals surface area contributed by atoms with Crippen molar-refractivity contribution in [1.82, 2.24) is 4.90 Å². The smallest absolute Gasteiger partial charge is 0.255 e. The molecule has 0 spiro atoms. The van der Waals surface area contributed by atoms with Gasteiger partial charge < -0.3 is 9.69 Å². The van der Waals surface area contributed by atoms with Crippen LogP contribution in [0.15, 0.2) is 12.1 Å². The van der Waals surface area contributed by atoms with Crippen molar-refractivity contribution in [2.24, 2.45) is 0 Å². The molecule has 1 heterocycles. The second kappa shape index (κ2) is 4.88. The molecule has 18 heavy (non-hydrogen) atoms. The van der Waals surface area contributed by atoms with E-state index in [1.54, 1.807) is 13.0 Å². The van der Waals surface area contributed by atoms with E-state index in [0.29, 0.717) is 17.5 Å². The summed E-state index contributed by atoms with van der Waals surface area (Å²) < 4.78 is 13.7. The van der Waals surface area contributed by atoms with Gasteiger partial charge in [0.25, 0.3) is 5.91 Å². The highest BCUT2D eigenvalue weighted by atomic mass is 19.1. The SMILES string of the molecule is CCC[C@@H](C=O)N1Cc2c(F)ccc(C)c2C1=O. The standard InChI is InChI=1S/C14H16FNO2/c1-3-4-10(8-17)16-7-11-12(15)6-5-9(2)13(11)14(16)18/h5-6,8,10H,3-4,7H2,1-2H3/t10-/m0/s1. The molecule has 0 aliphatic carbocycles. The molecule has 1 atom stereocenters. The van der Waals surface area contributed by atoms with Crippen molar-refractivity contribution in [2.75, 3.05) is 0 Å². The Morgan fingerprint density at radius 2 is 2.22 bits per heavy atom. The lowest BCUT2D eigenvalue weighted by atomic mass is 10.0. The summed E-state index contributed by atoms with van der Waals surface area (Å²) >= 11 is 0. The normalized spacial score (nSPS) is 15.7. The average molecular weight is 249 g/mol. The topological polar surface area (TPSA) is 37.4 Å². The Labute approximate surface area is 106 Å². The van der Waals surface area contributed by atoms with E-state index in [-0.39, 0.29) is 18.3 Å². The summed E-state index contributed by atoms with van der Waals surface area (Å²) in [7, 11) is 0. The molecule has 96 valence electrons. The predicted molar refractivity (Wildman–Crippen MR) is 65.8 cm³/mol. The lowest BCUT2D eigenvalue weighted by molar-refractivity contribution is -0.112. The van der Waals surface area contributed by atoms with Crippen LogP contribution in [0.25, 0.3) is 0 Å². The van der Waals surface area contributed by atoms with Gasteiger partial charge in [0.05, 0.1) is 18.2 Å². The highest BCUT2D eigenvalue weighted by molar-refractivity contribution is 6.01. The van der Waals surface area contributed by atoms with Gasteiger partial charge in [0.15, 0.2) is 0 Å². The van der Waals surface area contributed by atoms with E-state index in [9.17, 15) is 14.0 Å². The van der Waals surface area contributed by atoms with Gasteiger partial charge >= 0.3 is 0 Å². The van der Waals surface area contributed by atoms with Crippen molar-refractivity contribution in [3.63, 3.8) is 0 Å². The number of aldehydes is 1. The van der Waals surface area contributed by atoms with Crippen LogP contribution in [0.2, 0.25) is 0 Å². The van der Waals surface area contributed by atoms with Crippen LogP contribution in [-0.4, -0.2) is 23.1 Å². The first-order valence-electron chi connectivity index (χ1n) is 6.14. The molecule has 0 unspecified atom stereocenters. The fourth-order valence-corrected chi connectivity index (χ4v) is 2.44. The first-order chi connectivity index (χ1) is 8.60. The minimum Gasteiger partial charge on any atom is -0.324 e. The number of benzene rings is 1. The zero-order valence-electron chi connectivity index (χ0n) is 10.6. The molecule has 0 N–H and O–H groups in total. The third-order valence-corrected chi connectivity index (χ3v) is 3.41. The molecule has 1 aromatic rings. The van der Waals surface area contributed by atoms with Gasteiger partial charge in [-0.1, -0.05) is 19.4 Å². The first kappa shape index (κ1) is 12.7. The second-order valence-corrected chi connectivity index (χ2v) is 4.64. The molecule has 0 radical (unpaired) electrons. The van der Waals surface area contributed by atoms with E-state index in [4.69, 9.17) is 0 Å². The van der Waals surface area contributed by atoms with Crippen LogP contribution < -0.4 is 0 Å². The maximum atomic E-state index is 13.7. The summed E-state index contributed by atoms with van der Waals surface area (Å²) in [6.45, 7) is 3.94. The number of nitrogens with zero attached hydrogens (tertiary/aromatic N) is 1. The lowest BCUT2D eigenvalue weighted by Gasteiger charge is -2.22. The first-order valence-corrected chi connectivity index (χ1v) is 6.14. The summed E-state index contributed by atoms with van der Waals surface area (Å²) in [6, 6.07) is 2.53. The summed E-state index contributed by atoms with van der Waals surface area (Å²) in [5, 5.41) is 0. The Kier molecular flexibility index (Phi) is 3.45. The summed E-state index contributed by atoms with van der Waals surface area (Å²) in [4.78, 5) is 24.8. The number of carbonyl (C=O) groups is 2. The Hall–Kier alpha value is -1.71. The molecule has 4 heteroatoms. The third kappa shape index (κ3) is 1.92. The molecule has 1 aromatic carbocycles. The predicted octanol–water partition coefficient (Wildman–Crippen LogP) is 2.46. The van der Waals surface area contributed by atoms with Gasteiger partial charge in [0, 0.05) is 5.56 Å². The molecule has 2 rings (SSSR count). The number of hydrogen-bond acceptors (Lipinski definition) is 2. The van der Waals surface area contributed by atoms with Gasteiger partial charge in [-0.25, -0.2) is 4.39 Å². The maximum absolute atomic E-state index is 13.7. The average Bonchev–Trinajstić information content (AvgIpc) is 2.70. The second-order valence-electron chi connectivity index (χ2n) is 4.64. The molecule has 0 saturated heterocycles. The fourth-order valence-electron chi connectivity index (χ4n) is 2.44. The van der Waals surface area contributed by atoms with E-state index >= 15 is 0 Å². The van der Waals surface area contributed by atoms with Crippen molar-refractivity contribution in [1.29, 1.82) is 0 Å². The monoisotopic (exact) mass is 249 g/mol. The Morgan fingerprint density at radius 3 is 2.78 bits per heavy atom. The zero-order chi connectivity index (χ0) is 13.3. The minimum absolute atomic E-state index is 0.199. The van der Waals surface area contributed by atoms with Gasteiger partial charge in [-0.05, 0) is 25.0 Å². The van der Waals surface area contributed by atoms with Crippen molar-refractivity contribution in [3.05, 3.63) is 34.6 Å². The van der Waals surface area contributed by atoms with Gasteiger partial charge in [0.1, 0.15) is 12.1 Å². The van der Waals surface area contributed by atoms with Crippen LogP contribution in [0.5, 0.6) is 0 Å². The van der Waals surface area contributed by atoms with Crippen LogP contribution in [0.4, 0.5) is 4.39 Å². The zero-order valence-corrected chi connectivity index (χ0v) is 10.6. The highest BCUT2D eigenvalue weighted by Gasteiger charge is 2.35. The molecule has 1 amide bonds. The molecule has 0 aromatic heterocycles. The van der Waals surface area contributed by atoms with Crippen molar-refractivity contribution in [2.45, 2.75) is 39.3 Å². The largest absolute Gasteiger partial charge is 0.324 e. The number of rotatable bonds is 4.